The zero-order valence-electron chi connectivity index (χ0n) is 40.8. The summed E-state index contributed by atoms with van der Waals surface area (Å²) >= 11 is 0. The van der Waals surface area contributed by atoms with E-state index in [1.165, 1.54) is 141 Å². The maximum Gasteiger partial charge on any atom is 0.306 e. The average molecular weight is 847 g/mol. The molecule has 0 saturated heterocycles. The Morgan fingerprint density at radius 3 is 1.45 bits per heavy atom. The van der Waals surface area contributed by atoms with Gasteiger partial charge in [0.2, 0.25) is 5.91 Å². The van der Waals surface area contributed by atoms with Gasteiger partial charge in [-0.05, 0) is 109 Å². The number of carbonyl (C=O) groups is 3. The molecule has 1 amide bonds. The molecule has 0 atom stereocenters. The first kappa shape index (κ1) is 56.4. The van der Waals surface area contributed by atoms with Crippen LogP contribution in [-0.4, -0.2) is 61.6 Å². The van der Waals surface area contributed by atoms with Crippen LogP contribution in [0.1, 0.15) is 272 Å². The van der Waals surface area contributed by atoms with Crippen molar-refractivity contribution in [3.05, 3.63) is 0 Å². The fourth-order valence-corrected chi connectivity index (χ4v) is 8.83. The Hall–Kier alpha value is -1.63. The van der Waals surface area contributed by atoms with Gasteiger partial charge < -0.3 is 19.7 Å². The van der Waals surface area contributed by atoms with Crippen LogP contribution in [0.3, 0.4) is 0 Å². The molecule has 0 aliphatic heterocycles. The summed E-state index contributed by atoms with van der Waals surface area (Å²) < 4.78 is 11.7. The van der Waals surface area contributed by atoms with Crippen molar-refractivity contribution in [1.29, 1.82) is 0 Å². The molecule has 0 aromatic heterocycles. The van der Waals surface area contributed by atoms with Crippen LogP contribution in [0.15, 0.2) is 0 Å². The number of nitrogens with one attached hydrogen (secondary N) is 1. The molecule has 1 fully saturated rings. The van der Waals surface area contributed by atoms with Gasteiger partial charge in [0, 0.05) is 24.8 Å². The van der Waals surface area contributed by atoms with E-state index in [-0.39, 0.29) is 29.4 Å². The maximum absolute atomic E-state index is 12.9. The standard InChI is InChI=1S/C53H102N2O5/c1-6-11-15-17-21-27-36-49(37-28-22-18-16-12-7-2)60-51(57)39-30-24-20-26-32-45-55(46-33-43-54-52(58)53(10-5)41-42-53)44-31-25-19-23-29-38-50(56)59-47-40-48(34-13-8-3)35-14-9-4/h48-49H,6-47H2,1-5H3,(H,54,58). The van der Waals surface area contributed by atoms with E-state index in [9.17, 15) is 14.4 Å². The Balaban J connectivity index is 2.36. The van der Waals surface area contributed by atoms with E-state index < -0.39 is 0 Å². The fourth-order valence-electron chi connectivity index (χ4n) is 8.83. The van der Waals surface area contributed by atoms with Gasteiger partial charge in [-0.3, -0.25) is 14.4 Å². The molecule has 1 rings (SSSR count). The van der Waals surface area contributed by atoms with Crippen molar-refractivity contribution in [3.63, 3.8) is 0 Å². The highest BCUT2D eigenvalue weighted by atomic mass is 16.5. The smallest absolute Gasteiger partial charge is 0.306 e. The van der Waals surface area contributed by atoms with E-state index in [1.807, 2.05) is 0 Å². The fraction of sp³-hybridized carbons (Fsp3) is 0.943. The molecule has 0 aromatic carbocycles. The summed E-state index contributed by atoms with van der Waals surface area (Å²) in [6.45, 7) is 15.7. The largest absolute Gasteiger partial charge is 0.466 e. The summed E-state index contributed by atoms with van der Waals surface area (Å²) in [4.78, 5) is 40.5. The third kappa shape index (κ3) is 32.1. The number of esters is 2. The first-order valence-electron chi connectivity index (χ1n) is 26.7. The molecule has 1 saturated carbocycles. The lowest BCUT2D eigenvalue weighted by Gasteiger charge is -2.23. The number of hydrogen-bond acceptors (Lipinski definition) is 6. The predicted octanol–water partition coefficient (Wildman–Crippen LogP) is 15.0. The first-order chi connectivity index (χ1) is 29.3. The molecule has 0 unspecified atom stereocenters. The zero-order chi connectivity index (χ0) is 43.8. The number of rotatable bonds is 46. The van der Waals surface area contributed by atoms with Gasteiger partial charge >= 0.3 is 11.9 Å². The number of carbonyl (C=O) groups excluding carboxylic acids is 3. The SMILES string of the molecule is CCCCCCCCC(CCCCCCCC)OC(=O)CCCCCCCN(CCCCCCCC(=O)OCCC(CCCC)CCCC)CCCNC(=O)C1(CC)CC1. The van der Waals surface area contributed by atoms with E-state index >= 15 is 0 Å². The molecule has 1 aliphatic rings. The molecule has 0 bridgehead atoms. The number of unbranched alkanes of at least 4 members (excludes halogenated alkanes) is 20. The van der Waals surface area contributed by atoms with Crippen molar-refractivity contribution in [2.45, 2.75) is 278 Å². The summed E-state index contributed by atoms with van der Waals surface area (Å²) in [5, 5.41) is 3.23. The van der Waals surface area contributed by atoms with Crippen LogP contribution in [-0.2, 0) is 23.9 Å². The van der Waals surface area contributed by atoms with E-state index in [0.29, 0.717) is 25.4 Å². The summed E-state index contributed by atoms with van der Waals surface area (Å²) in [6, 6.07) is 0. The summed E-state index contributed by atoms with van der Waals surface area (Å²) in [6.07, 6.45) is 42.3. The Bertz CT molecular complexity index is 976. The highest BCUT2D eigenvalue weighted by Crippen LogP contribution is 2.48. The highest BCUT2D eigenvalue weighted by molar-refractivity contribution is 5.85. The number of hydrogen-bond donors (Lipinski definition) is 1. The second kappa shape index (κ2) is 40.2. The van der Waals surface area contributed by atoms with Gasteiger partial charge in [-0.15, -0.1) is 0 Å². The van der Waals surface area contributed by atoms with Gasteiger partial charge in [-0.2, -0.15) is 0 Å². The third-order valence-corrected chi connectivity index (χ3v) is 13.4. The minimum Gasteiger partial charge on any atom is -0.466 e. The normalized spacial score (nSPS) is 13.4. The van der Waals surface area contributed by atoms with Crippen LogP contribution in [0.2, 0.25) is 0 Å². The van der Waals surface area contributed by atoms with Crippen LogP contribution in [0.4, 0.5) is 0 Å². The monoisotopic (exact) mass is 847 g/mol. The van der Waals surface area contributed by atoms with Gasteiger partial charge in [0.05, 0.1) is 6.61 Å². The molecule has 1 aliphatic carbocycles. The maximum atomic E-state index is 12.9. The van der Waals surface area contributed by atoms with Gasteiger partial charge in [0.1, 0.15) is 6.10 Å². The van der Waals surface area contributed by atoms with Crippen molar-refractivity contribution >= 4 is 17.8 Å². The van der Waals surface area contributed by atoms with Crippen LogP contribution < -0.4 is 5.32 Å². The van der Waals surface area contributed by atoms with E-state index in [4.69, 9.17) is 9.47 Å². The average Bonchev–Trinajstić information content (AvgIpc) is 4.06. The van der Waals surface area contributed by atoms with Gasteiger partial charge in [-0.1, -0.05) is 176 Å². The predicted molar refractivity (Wildman–Crippen MR) is 255 cm³/mol. The Morgan fingerprint density at radius 1 is 0.500 bits per heavy atom. The van der Waals surface area contributed by atoms with Crippen molar-refractivity contribution in [3.8, 4) is 0 Å². The highest BCUT2D eigenvalue weighted by Gasteiger charge is 2.47. The van der Waals surface area contributed by atoms with Crippen LogP contribution in [0, 0.1) is 11.3 Å². The van der Waals surface area contributed by atoms with E-state index in [0.717, 1.165) is 110 Å². The molecule has 7 heteroatoms. The van der Waals surface area contributed by atoms with Crippen molar-refractivity contribution in [1.82, 2.24) is 10.2 Å². The minimum absolute atomic E-state index is 0.0179. The lowest BCUT2D eigenvalue weighted by Crippen LogP contribution is -2.35. The van der Waals surface area contributed by atoms with Crippen molar-refractivity contribution in [2.75, 3.05) is 32.8 Å². The number of ether oxygens (including phenoxy) is 2. The van der Waals surface area contributed by atoms with Crippen LogP contribution in [0.25, 0.3) is 0 Å². The van der Waals surface area contributed by atoms with Gasteiger partial charge in [0.15, 0.2) is 0 Å². The quantitative estimate of drug-likeness (QED) is 0.0485. The molecule has 0 radical (unpaired) electrons. The zero-order valence-corrected chi connectivity index (χ0v) is 40.8. The van der Waals surface area contributed by atoms with E-state index in [1.54, 1.807) is 0 Å². The molecule has 0 aromatic rings. The topological polar surface area (TPSA) is 84.9 Å². The number of amides is 1. The van der Waals surface area contributed by atoms with Gasteiger partial charge in [-0.25, -0.2) is 0 Å². The molecule has 1 N–H and O–H groups in total. The van der Waals surface area contributed by atoms with Crippen LogP contribution >= 0.6 is 0 Å². The minimum atomic E-state index is -0.0679. The second-order valence-corrected chi connectivity index (χ2v) is 19.0. The Morgan fingerprint density at radius 2 is 0.950 bits per heavy atom. The first-order valence-corrected chi connectivity index (χ1v) is 26.7. The van der Waals surface area contributed by atoms with Crippen LogP contribution in [0.5, 0.6) is 0 Å². The molecule has 60 heavy (non-hydrogen) atoms. The summed E-state index contributed by atoms with van der Waals surface area (Å²) in [5.41, 5.74) is -0.0679. The van der Waals surface area contributed by atoms with Gasteiger partial charge in [0.25, 0.3) is 0 Å². The molecular formula is C53H102N2O5. The molecule has 0 heterocycles. The molecular weight excluding hydrogens is 745 g/mol. The lowest BCUT2D eigenvalue weighted by atomic mass is 9.93. The Labute approximate surface area is 373 Å². The van der Waals surface area contributed by atoms with Crippen molar-refractivity contribution < 1.29 is 23.9 Å². The van der Waals surface area contributed by atoms with Crippen molar-refractivity contribution in [2.24, 2.45) is 11.3 Å². The third-order valence-electron chi connectivity index (χ3n) is 13.4. The van der Waals surface area contributed by atoms with E-state index in [2.05, 4.69) is 44.8 Å². The molecule has 7 nitrogen and oxygen atoms in total. The lowest BCUT2D eigenvalue weighted by molar-refractivity contribution is -0.150. The summed E-state index contributed by atoms with van der Waals surface area (Å²) in [7, 11) is 0. The molecule has 354 valence electrons. The summed E-state index contributed by atoms with van der Waals surface area (Å²) in [5.74, 6) is 0.964. The second-order valence-electron chi connectivity index (χ2n) is 19.0. The molecule has 0 spiro atoms. The Kier molecular flexibility index (Phi) is 37.7. The number of nitrogens with zero attached hydrogens (tertiary/aromatic N) is 1.